The standard InChI is InChI=1S/C18H25ClN2O4S/c1-13-4-3-9-21(13)18(22)14-5-6-17(16(19)12-14)25-15-7-10-20(11-8-15)26(2,23)24/h5-6,12-13,15H,3-4,7-11H2,1-2H3/t13-/m0/s1. The van der Waals surface area contributed by atoms with Crippen LogP contribution < -0.4 is 4.74 Å². The molecule has 0 aliphatic carbocycles. The number of rotatable bonds is 4. The van der Waals surface area contributed by atoms with Gasteiger partial charge in [-0.15, -0.1) is 0 Å². The van der Waals surface area contributed by atoms with Crippen LogP contribution in [0.3, 0.4) is 0 Å². The average Bonchev–Trinajstić information content (AvgIpc) is 3.01. The van der Waals surface area contributed by atoms with Gasteiger partial charge in [-0.3, -0.25) is 4.79 Å². The van der Waals surface area contributed by atoms with Gasteiger partial charge in [0.2, 0.25) is 10.0 Å². The number of benzene rings is 1. The van der Waals surface area contributed by atoms with E-state index >= 15 is 0 Å². The Hall–Kier alpha value is -1.31. The first-order chi connectivity index (χ1) is 12.3. The van der Waals surface area contributed by atoms with Gasteiger partial charge in [-0.1, -0.05) is 11.6 Å². The van der Waals surface area contributed by atoms with Crippen LogP contribution in [0.2, 0.25) is 5.02 Å². The van der Waals surface area contributed by atoms with Crippen molar-refractivity contribution >= 4 is 27.5 Å². The third kappa shape index (κ3) is 4.32. The van der Waals surface area contributed by atoms with E-state index in [1.165, 1.54) is 10.6 Å². The minimum absolute atomic E-state index is 0.00455. The Bertz CT molecular complexity index is 775. The molecule has 0 radical (unpaired) electrons. The van der Waals surface area contributed by atoms with Gasteiger partial charge in [-0.25, -0.2) is 12.7 Å². The largest absolute Gasteiger partial charge is 0.489 e. The van der Waals surface area contributed by atoms with Crippen LogP contribution in [0.25, 0.3) is 0 Å². The summed E-state index contributed by atoms with van der Waals surface area (Å²) in [5, 5.41) is 0.410. The molecule has 2 aliphatic heterocycles. The SMILES string of the molecule is C[C@H]1CCCN1C(=O)c1ccc(OC2CCN(S(C)(=O)=O)CC2)c(Cl)c1. The van der Waals surface area contributed by atoms with Crippen molar-refractivity contribution < 1.29 is 17.9 Å². The second kappa shape index (κ2) is 7.74. The van der Waals surface area contributed by atoms with E-state index in [1.807, 2.05) is 4.90 Å². The molecule has 1 aromatic rings. The predicted octanol–water partition coefficient (Wildman–Crippen LogP) is 2.77. The molecular weight excluding hydrogens is 376 g/mol. The molecule has 1 atom stereocenters. The molecule has 3 rings (SSSR count). The Morgan fingerprint density at radius 2 is 1.88 bits per heavy atom. The third-order valence-electron chi connectivity index (χ3n) is 5.16. The highest BCUT2D eigenvalue weighted by molar-refractivity contribution is 7.88. The molecule has 8 heteroatoms. The predicted molar refractivity (Wildman–Crippen MR) is 101 cm³/mol. The monoisotopic (exact) mass is 400 g/mol. The molecule has 1 aromatic carbocycles. The summed E-state index contributed by atoms with van der Waals surface area (Å²) >= 11 is 6.33. The summed E-state index contributed by atoms with van der Waals surface area (Å²) in [4.78, 5) is 14.5. The molecule has 2 saturated heterocycles. The van der Waals surface area contributed by atoms with Crippen LogP contribution in [-0.2, 0) is 10.0 Å². The summed E-state index contributed by atoms with van der Waals surface area (Å²) < 4.78 is 30.5. The van der Waals surface area contributed by atoms with Crippen molar-refractivity contribution in [2.45, 2.75) is 44.8 Å². The van der Waals surface area contributed by atoms with Gasteiger partial charge < -0.3 is 9.64 Å². The molecule has 0 aromatic heterocycles. The molecular formula is C18H25ClN2O4S. The Balaban J connectivity index is 1.63. The van der Waals surface area contributed by atoms with E-state index < -0.39 is 10.0 Å². The Morgan fingerprint density at radius 3 is 2.42 bits per heavy atom. The molecule has 6 nitrogen and oxygen atoms in total. The van der Waals surface area contributed by atoms with Crippen molar-refractivity contribution in [3.63, 3.8) is 0 Å². The number of likely N-dealkylation sites (tertiary alicyclic amines) is 1. The van der Waals surface area contributed by atoms with Crippen LogP contribution in [0.15, 0.2) is 18.2 Å². The highest BCUT2D eigenvalue weighted by atomic mass is 35.5. The molecule has 26 heavy (non-hydrogen) atoms. The number of carbonyl (C=O) groups excluding carboxylic acids is 1. The highest BCUT2D eigenvalue weighted by Crippen LogP contribution is 2.30. The van der Waals surface area contributed by atoms with Gasteiger partial charge in [0.05, 0.1) is 11.3 Å². The lowest BCUT2D eigenvalue weighted by molar-refractivity contribution is 0.0747. The molecule has 0 unspecified atom stereocenters. The van der Waals surface area contributed by atoms with Crippen LogP contribution in [0.4, 0.5) is 0 Å². The first-order valence-electron chi connectivity index (χ1n) is 8.98. The molecule has 0 bridgehead atoms. The number of piperidine rings is 1. The van der Waals surface area contributed by atoms with Crippen LogP contribution in [0.5, 0.6) is 5.75 Å². The van der Waals surface area contributed by atoms with Gasteiger partial charge in [-0.2, -0.15) is 0 Å². The van der Waals surface area contributed by atoms with Crippen molar-refractivity contribution in [3.05, 3.63) is 28.8 Å². The van der Waals surface area contributed by atoms with Gasteiger partial charge in [0.25, 0.3) is 5.91 Å². The summed E-state index contributed by atoms with van der Waals surface area (Å²) in [5.41, 5.74) is 0.572. The molecule has 2 aliphatic rings. The van der Waals surface area contributed by atoms with Gasteiger partial charge in [0.1, 0.15) is 11.9 Å². The highest BCUT2D eigenvalue weighted by Gasteiger charge is 2.28. The maximum Gasteiger partial charge on any atom is 0.254 e. The van der Waals surface area contributed by atoms with Gasteiger partial charge >= 0.3 is 0 Å². The summed E-state index contributed by atoms with van der Waals surface area (Å²) in [6.45, 7) is 3.75. The van der Waals surface area contributed by atoms with Crippen molar-refractivity contribution in [1.82, 2.24) is 9.21 Å². The quantitative estimate of drug-likeness (QED) is 0.779. The van der Waals surface area contributed by atoms with E-state index in [4.69, 9.17) is 16.3 Å². The zero-order valence-electron chi connectivity index (χ0n) is 15.2. The number of amides is 1. The van der Waals surface area contributed by atoms with E-state index in [1.54, 1.807) is 18.2 Å². The lowest BCUT2D eigenvalue weighted by atomic mass is 10.1. The number of hydrogen-bond donors (Lipinski definition) is 0. The number of carbonyl (C=O) groups is 1. The zero-order valence-corrected chi connectivity index (χ0v) is 16.7. The molecule has 2 heterocycles. The summed E-state index contributed by atoms with van der Waals surface area (Å²) in [6.07, 6.45) is 4.46. The molecule has 0 spiro atoms. The van der Waals surface area contributed by atoms with E-state index in [-0.39, 0.29) is 18.1 Å². The van der Waals surface area contributed by atoms with Crippen LogP contribution >= 0.6 is 11.6 Å². The Morgan fingerprint density at radius 1 is 1.19 bits per heavy atom. The van der Waals surface area contributed by atoms with E-state index in [0.717, 1.165) is 19.4 Å². The molecule has 1 amide bonds. The van der Waals surface area contributed by atoms with Crippen molar-refractivity contribution in [1.29, 1.82) is 0 Å². The van der Waals surface area contributed by atoms with E-state index in [0.29, 0.717) is 42.3 Å². The minimum atomic E-state index is -3.15. The summed E-state index contributed by atoms with van der Waals surface area (Å²) in [7, 11) is -3.15. The van der Waals surface area contributed by atoms with Gasteiger partial charge in [-0.05, 0) is 50.8 Å². The Labute approximate surface area is 160 Å². The molecule has 0 N–H and O–H groups in total. The van der Waals surface area contributed by atoms with Crippen LogP contribution in [-0.4, -0.2) is 61.6 Å². The number of ether oxygens (including phenoxy) is 1. The summed E-state index contributed by atoms with van der Waals surface area (Å²) in [6, 6.07) is 5.41. The summed E-state index contributed by atoms with van der Waals surface area (Å²) in [5.74, 6) is 0.542. The number of hydrogen-bond acceptors (Lipinski definition) is 4. The minimum Gasteiger partial charge on any atom is -0.489 e. The normalized spacial score (nSPS) is 22.6. The maximum atomic E-state index is 12.6. The lowest BCUT2D eigenvalue weighted by Crippen LogP contribution is -2.41. The molecule has 2 fully saturated rings. The lowest BCUT2D eigenvalue weighted by Gasteiger charge is -2.30. The van der Waals surface area contributed by atoms with Gasteiger partial charge in [0, 0.05) is 31.2 Å². The fourth-order valence-electron chi connectivity index (χ4n) is 3.59. The topological polar surface area (TPSA) is 66.9 Å². The van der Waals surface area contributed by atoms with Crippen molar-refractivity contribution in [2.24, 2.45) is 0 Å². The van der Waals surface area contributed by atoms with E-state index in [2.05, 4.69) is 6.92 Å². The van der Waals surface area contributed by atoms with Crippen molar-refractivity contribution in [3.8, 4) is 5.75 Å². The number of halogens is 1. The van der Waals surface area contributed by atoms with E-state index in [9.17, 15) is 13.2 Å². The molecule has 144 valence electrons. The number of sulfonamides is 1. The Kier molecular flexibility index (Phi) is 5.79. The fraction of sp³-hybridized carbons (Fsp3) is 0.611. The molecule has 0 saturated carbocycles. The second-order valence-electron chi connectivity index (χ2n) is 7.11. The third-order valence-corrected chi connectivity index (χ3v) is 6.75. The first-order valence-corrected chi connectivity index (χ1v) is 11.2. The second-order valence-corrected chi connectivity index (χ2v) is 9.50. The van der Waals surface area contributed by atoms with Crippen LogP contribution in [0.1, 0.15) is 43.0 Å². The first kappa shape index (κ1) is 19.5. The number of nitrogens with zero attached hydrogens (tertiary/aromatic N) is 2. The maximum absolute atomic E-state index is 12.6. The average molecular weight is 401 g/mol. The van der Waals surface area contributed by atoms with Crippen molar-refractivity contribution in [2.75, 3.05) is 25.9 Å². The van der Waals surface area contributed by atoms with Gasteiger partial charge in [0.15, 0.2) is 0 Å². The smallest absolute Gasteiger partial charge is 0.254 e. The van der Waals surface area contributed by atoms with Crippen LogP contribution in [0, 0.1) is 0 Å². The fourth-order valence-corrected chi connectivity index (χ4v) is 4.69. The zero-order chi connectivity index (χ0) is 18.9.